The normalized spacial score (nSPS) is 10.5. The zero-order valence-electron chi connectivity index (χ0n) is 6.99. The number of primary sulfonamides is 1. The van der Waals surface area contributed by atoms with E-state index in [1.54, 1.807) is 6.07 Å². The molecular weight excluding hydrogens is 194 g/mol. The lowest BCUT2D eigenvalue weighted by Gasteiger charge is -2.00. The van der Waals surface area contributed by atoms with Crippen molar-refractivity contribution in [2.75, 3.05) is 12.3 Å². The first-order chi connectivity index (χ1) is 5.95. The number of hydrogen-bond donors (Lipinski definition) is 2. The Balaban J connectivity index is 3.48. The minimum Gasteiger partial charge on any atom is -0.355 e. The van der Waals surface area contributed by atoms with Crippen LogP contribution in [-0.4, -0.2) is 26.6 Å². The highest BCUT2D eigenvalue weighted by atomic mass is 32.2. The molecule has 0 fully saturated rings. The van der Waals surface area contributed by atoms with Gasteiger partial charge in [0.25, 0.3) is 0 Å². The first-order valence-electron chi connectivity index (χ1n) is 3.60. The van der Waals surface area contributed by atoms with E-state index >= 15 is 0 Å². The molecule has 0 saturated heterocycles. The predicted molar refractivity (Wildman–Crippen MR) is 45.8 cm³/mol. The molecular formula is C6H11N3O3S. The third-order valence-electron chi connectivity index (χ3n) is 1.17. The Morgan fingerprint density at radius 1 is 1.54 bits per heavy atom. The van der Waals surface area contributed by atoms with Crippen LogP contribution in [0.2, 0.25) is 0 Å². The monoisotopic (exact) mass is 205 g/mol. The van der Waals surface area contributed by atoms with Crippen LogP contribution in [0.3, 0.4) is 0 Å². The molecule has 0 aromatic rings. The summed E-state index contributed by atoms with van der Waals surface area (Å²) in [6.07, 6.45) is 0.0470. The quantitative estimate of drug-likeness (QED) is 0.543. The molecule has 0 aromatic carbocycles. The molecule has 0 aromatic heterocycles. The Morgan fingerprint density at radius 3 is 2.62 bits per heavy atom. The maximum absolute atomic E-state index is 10.7. The van der Waals surface area contributed by atoms with Gasteiger partial charge in [0, 0.05) is 6.54 Å². The number of nitrogens with zero attached hydrogens (tertiary/aromatic N) is 1. The second-order valence-corrected chi connectivity index (χ2v) is 4.14. The number of amides is 1. The van der Waals surface area contributed by atoms with Gasteiger partial charge in [0.1, 0.15) is 6.42 Å². The Morgan fingerprint density at radius 2 is 2.15 bits per heavy atom. The standard InChI is InChI=1S/C6H11N3O3S/c7-3-2-6(10)9-4-1-5-13(8,11)12/h1-2,4-5H2,(H,9,10)(H2,8,11,12). The fourth-order valence-corrected chi connectivity index (χ4v) is 1.18. The van der Waals surface area contributed by atoms with Crippen molar-refractivity contribution in [3.8, 4) is 6.07 Å². The number of rotatable bonds is 5. The van der Waals surface area contributed by atoms with E-state index in [-0.39, 0.29) is 25.1 Å². The minimum absolute atomic E-state index is 0.167. The van der Waals surface area contributed by atoms with Crippen molar-refractivity contribution in [2.45, 2.75) is 12.8 Å². The number of nitrogens with two attached hydrogens (primary N) is 1. The van der Waals surface area contributed by atoms with Crippen LogP contribution in [0.4, 0.5) is 0 Å². The third-order valence-corrected chi connectivity index (χ3v) is 2.03. The number of nitrogens with one attached hydrogen (secondary N) is 1. The van der Waals surface area contributed by atoms with E-state index in [9.17, 15) is 13.2 Å². The second kappa shape index (κ2) is 5.50. The van der Waals surface area contributed by atoms with Crippen LogP contribution in [0.25, 0.3) is 0 Å². The minimum atomic E-state index is -3.45. The highest BCUT2D eigenvalue weighted by Crippen LogP contribution is 1.84. The van der Waals surface area contributed by atoms with Gasteiger partial charge in [-0.05, 0) is 6.42 Å². The molecule has 0 aliphatic rings. The lowest BCUT2D eigenvalue weighted by molar-refractivity contribution is -0.120. The third kappa shape index (κ3) is 8.78. The van der Waals surface area contributed by atoms with E-state index in [0.717, 1.165) is 0 Å². The average molecular weight is 205 g/mol. The van der Waals surface area contributed by atoms with Crippen LogP contribution in [0.5, 0.6) is 0 Å². The van der Waals surface area contributed by atoms with Gasteiger partial charge in [-0.15, -0.1) is 0 Å². The Labute approximate surface area is 76.8 Å². The topological polar surface area (TPSA) is 113 Å². The van der Waals surface area contributed by atoms with Gasteiger partial charge in [-0.1, -0.05) is 0 Å². The van der Waals surface area contributed by atoms with Gasteiger partial charge in [-0.3, -0.25) is 4.79 Å². The highest BCUT2D eigenvalue weighted by Gasteiger charge is 2.03. The van der Waals surface area contributed by atoms with Crippen molar-refractivity contribution < 1.29 is 13.2 Å². The summed E-state index contributed by atoms with van der Waals surface area (Å²) in [4.78, 5) is 10.7. The molecule has 0 unspecified atom stereocenters. The summed E-state index contributed by atoms with van der Waals surface area (Å²) in [5.41, 5.74) is 0. The molecule has 3 N–H and O–H groups in total. The number of hydrogen-bond acceptors (Lipinski definition) is 4. The maximum Gasteiger partial charge on any atom is 0.234 e. The van der Waals surface area contributed by atoms with E-state index in [1.807, 2.05) is 0 Å². The van der Waals surface area contributed by atoms with Gasteiger partial charge < -0.3 is 5.32 Å². The molecule has 0 aliphatic carbocycles. The van der Waals surface area contributed by atoms with Gasteiger partial charge in [-0.2, -0.15) is 5.26 Å². The summed E-state index contributed by atoms with van der Waals surface area (Å²) in [6, 6.07) is 1.67. The van der Waals surface area contributed by atoms with Crippen LogP contribution in [0.1, 0.15) is 12.8 Å². The van der Waals surface area contributed by atoms with Gasteiger partial charge in [0.05, 0.1) is 11.8 Å². The van der Waals surface area contributed by atoms with E-state index < -0.39 is 15.9 Å². The average Bonchev–Trinajstić information content (AvgIpc) is 1.97. The molecule has 0 rings (SSSR count). The SMILES string of the molecule is N#CCC(=O)NCCCS(N)(=O)=O. The van der Waals surface area contributed by atoms with Gasteiger partial charge in [-0.25, -0.2) is 13.6 Å². The molecule has 6 nitrogen and oxygen atoms in total. The van der Waals surface area contributed by atoms with Crippen molar-refractivity contribution >= 4 is 15.9 Å². The van der Waals surface area contributed by atoms with Crippen molar-refractivity contribution in [3.63, 3.8) is 0 Å². The number of nitriles is 1. The van der Waals surface area contributed by atoms with E-state index in [2.05, 4.69) is 5.32 Å². The fraction of sp³-hybridized carbons (Fsp3) is 0.667. The summed E-state index contributed by atoms with van der Waals surface area (Å²) >= 11 is 0. The first-order valence-corrected chi connectivity index (χ1v) is 5.31. The summed E-state index contributed by atoms with van der Waals surface area (Å²) < 4.78 is 20.8. The molecule has 0 radical (unpaired) electrons. The maximum atomic E-state index is 10.7. The number of carbonyl (C=O) groups is 1. The second-order valence-electron chi connectivity index (χ2n) is 2.41. The van der Waals surface area contributed by atoms with Gasteiger partial charge in [0.15, 0.2) is 0 Å². The molecule has 0 atom stereocenters. The van der Waals surface area contributed by atoms with Crippen molar-refractivity contribution in [3.05, 3.63) is 0 Å². The lowest BCUT2D eigenvalue weighted by Crippen LogP contribution is -2.26. The zero-order valence-corrected chi connectivity index (χ0v) is 7.80. The van der Waals surface area contributed by atoms with Crippen molar-refractivity contribution in [1.29, 1.82) is 5.26 Å². The van der Waals surface area contributed by atoms with Crippen LogP contribution in [-0.2, 0) is 14.8 Å². The summed E-state index contributed by atoms with van der Waals surface area (Å²) in [6.45, 7) is 0.219. The number of carbonyl (C=O) groups excluding carboxylic acids is 1. The molecule has 0 saturated carbocycles. The molecule has 7 heteroatoms. The molecule has 74 valence electrons. The lowest BCUT2D eigenvalue weighted by atomic mass is 10.4. The van der Waals surface area contributed by atoms with Gasteiger partial charge >= 0.3 is 0 Å². The largest absolute Gasteiger partial charge is 0.355 e. The Bertz CT molecular complexity index is 304. The van der Waals surface area contributed by atoms with Crippen LogP contribution in [0, 0.1) is 11.3 Å². The summed E-state index contributed by atoms with van der Waals surface area (Å²) in [7, 11) is -3.45. The van der Waals surface area contributed by atoms with Crippen LogP contribution in [0.15, 0.2) is 0 Å². The molecule has 0 heterocycles. The molecule has 13 heavy (non-hydrogen) atoms. The summed E-state index contributed by atoms with van der Waals surface area (Å²) in [5, 5.41) is 15.2. The number of sulfonamides is 1. The molecule has 0 spiro atoms. The van der Waals surface area contributed by atoms with E-state index in [1.165, 1.54) is 0 Å². The Hall–Kier alpha value is -1.13. The molecule has 1 amide bonds. The van der Waals surface area contributed by atoms with Crippen molar-refractivity contribution in [1.82, 2.24) is 5.32 Å². The van der Waals surface area contributed by atoms with Crippen LogP contribution >= 0.6 is 0 Å². The summed E-state index contributed by atoms with van der Waals surface area (Å²) in [5.74, 6) is -0.572. The zero-order chi connectivity index (χ0) is 10.3. The van der Waals surface area contributed by atoms with Crippen molar-refractivity contribution in [2.24, 2.45) is 5.14 Å². The Kier molecular flexibility index (Phi) is 5.03. The van der Waals surface area contributed by atoms with Crippen LogP contribution < -0.4 is 10.5 Å². The van der Waals surface area contributed by atoms with E-state index in [4.69, 9.17) is 10.4 Å². The first kappa shape index (κ1) is 11.9. The molecule has 0 aliphatic heterocycles. The highest BCUT2D eigenvalue weighted by molar-refractivity contribution is 7.89. The fourth-order valence-electron chi connectivity index (χ4n) is 0.635. The van der Waals surface area contributed by atoms with E-state index in [0.29, 0.717) is 0 Å². The smallest absolute Gasteiger partial charge is 0.234 e. The van der Waals surface area contributed by atoms with Gasteiger partial charge in [0.2, 0.25) is 15.9 Å². The molecule has 0 bridgehead atoms. The predicted octanol–water partition coefficient (Wildman–Crippen LogP) is -1.31.